The number of aromatic nitrogens is 3. The number of hydrogen-bond donors (Lipinski definition) is 1. The fourth-order valence-electron chi connectivity index (χ4n) is 3.16. The summed E-state index contributed by atoms with van der Waals surface area (Å²) in [5, 5.41) is 6.09. The van der Waals surface area contributed by atoms with Crippen molar-refractivity contribution in [2.45, 2.75) is 4.90 Å². The highest BCUT2D eigenvalue weighted by Gasteiger charge is 2.20. The minimum absolute atomic E-state index is 0.125. The van der Waals surface area contributed by atoms with Crippen LogP contribution in [0.2, 0.25) is 0 Å². The Hall–Kier alpha value is -2.78. The number of hydrogen-bond acceptors (Lipinski definition) is 7. The molecule has 0 radical (unpaired) electrons. The third kappa shape index (κ3) is 3.18. The lowest BCUT2D eigenvalue weighted by molar-refractivity contribution is 0.597. The van der Waals surface area contributed by atoms with Gasteiger partial charge in [0.2, 0.25) is 10.0 Å². The minimum atomic E-state index is -3.66. The highest BCUT2D eigenvalue weighted by atomic mass is 32.2. The van der Waals surface area contributed by atoms with Gasteiger partial charge in [-0.25, -0.2) is 28.5 Å². The zero-order valence-electron chi connectivity index (χ0n) is 14.0. The SMILES string of the molecule is NS(=O)(=O)c1ccc(N2CCN(c3ncnc4ncccc34)CC2)cc1. The van der Waals surface area contributed by atoms with E-state index in [0.29, 0.717) is 5.65 Å². The van der Waals surface area contributed by atoms with E-state index in [1.807, 2.05) is 12.1 Å². The molecule has 0 atom stereocenters. The van der Waals surface area contributed by atoms with Crippen molar-refractivity contribution in [3.63, 3.8) is 0 Å². The van der Waals surface area contributed by atoms with Crippen LogP contribution < -0.4 is 14.9 Å². The number of primary sulfonamides is 1. The number of piperazine rings is 1. The molecule has 1 aromatic carbocycles. The fourth-order valence-corrected chi connectivity index (χ4v) is 3.67. The van der Waals surface area contributed by atoms with Gasteiger partial charge in [0.15, 0.2) is 5.65 Å². The molecule has 0 amide bonds. The molecule has 134 valence electrons. The van der Waals surface area contributed by atoms with E-state index in [2.05, 4.69) is 24.8 Å². The topological polar surface area (TPSA) is 105 Å². The first-order valence-corrected chi connectivity index (χ1v) is 9.75. The first-order chi connectivity index (χ1) is 12.5. The van der Waals surface area contributed by atoms with Crippen molar-refractivity contribution in [1.82, 2.24) is 15.0 Å². The quantitative estimate of drug-likeness (QED) is 0.733. The molecule has 8 nitrogen and oxygen atoms in total. The molecule has 4 rings (SSSR count). The van der Waals surface area contributed by atoms with Gasteiger partial charge in [-0.05, 0) is 36.4 Å². The number of benzene rings is 1. The van der Waals surface area contributed by atoms with Crippen LogP contribution >= 0.6 is 0 Å². The molecule has 3 aromatic rings. The number of fused-ring (bicyclic) bond motifs is 1. The Morgan fingerprint density at radius 1 is 0.885 bits per heavy atom. The molecule has 2 N–H and O–H groups in total. The van der Waals surface area contributed by atoms with E-state index in [1.54, 1.807) is 36.8 Å². The van der Waals surface area contributed by atoms with Gasteiger partial charge in [-0.3, -0.25) is 0 Å². The maximum absolute atomic E-state index is 11.4. The Balaban J connectivity index is 1.50. The van der Waals surface area contributed by atoms with Crippen LogP contribution in [0.5, 0.6) is 0 Å². The van der Waals surface area contributed by atoms with Gasteiger partial charge in [0.05, 0.1) is 10.3 Å². The highest BCUT2D eigenvalue weighted by Crippen LogP contribution is 2.24. The van der Waals surface area contributed by atoms with Gasteiger partial charge in [-0.2, -0.15) is 0 Å². The number of nitrogens with zero attached hydrogens (tertiary/aromatic N) is 5. The summed E-state index contributed by atoms with van der Waals surface area (Å²) >= 11 is 0. The number of rotatable bonds is 3. The molecule has 0 bridgehead atoms. The van der Waals surface area contributed by atoms with Gasteiger partial charge < -0.3 is 9.80 Å². The van der Waals surface area contributed by atoms with Gasteiger partial charge >= 0.3 is 0 Å². The Kier molecular flexibility index (Phi) is 4.17. The molecule has 9 heteroatoms. The normalized spacial score (nSPS) is 15.4. The number of pyridine rings is 1. The second-order valence-electron chi connectivity index (χ2n) is 6.08. The largest absolute Gasteiger partial charge is 0.368 e. The zero-order chi connectivity index (χ0) is 18.1. The van der Waals surface area contributed by atoms with E-state index in [-0.39, 0.29) is 4.90 Å². The van der Waals surface area contributed by atoms with Gasteiger partial charge in [-0.1, -0.05) is 0 Å². The van der Waals surface area contributed by atoms with Crippen molar-refractivity contribution in [1.29, 1.82) is 0 Å². The third-order valence-electron chi connectivity index (χ3n) is 4.50. The van der Waals surface area contributed by atoms with Crippen LogP contribution in [0.15, 0.2) is 53.8 Å². The van der Waals surface area contributed by atoms with Crippen LogP contribution in [-0.4, -0.2) is 49.5 Å². The minimum Gasteiger partial charge on any atom is -0.368 e. The van der Waals surface area contributed by atoms with Crippen LogP contribution in [0.25, 0.3) is 11.0 Å². The van der Waals surface area contributed by atoms with E-state index in [1.165, 1.54) is 0 Å². The Morgan fingerprint density at radius 2 is 1.58 bits per heavy atom. The lowest BCUT2D eigenvalue weighted by atomic mass is 10.2. The van der Waals surface area contributed by atoms with Gasteiger partial charge in [-0.15, -0.1) is 0 Å². The smallest absolute Gasteiger partial charge is 0.238 e. The summed E-state index contributed by atoms with van der Waals surface area (Å²) in [6.07, 6.45) is 3.27. The van der Waals surface area contributed by atoms with Crippen molar-refractivity contribution in [2.24, 2.45) is 5.14 Å². The van der Waals surface area contributed by atoms with Gasteiger partial charge in [0, 0.05) is 38.1 Å². The second-order valence-corrected chi connectivity index (χ2v) is 7.65. The van der Waals surface area contributed by atoms with Crippen molar-refractivity contribution >= 4 is 32.6 Å². The standard InChI is InChI=1S/C17H18N6O2S/c18-26(24,25)14-5-3-13(4-6-14)22-8-10-23(11-9-22)17-15-2-1-7-19-16(15)20-12-21-17/h1-7,12H,8-11H2,(H2,18,24,25). The van der Waals surface area contributed by atoms with E-state index in [9.17, 15) is 8.42 Å². The van der Waals surface area contributed by atoms with E-state index < -0.39 is 10.0 Å². The summed E-state index contributed by atoms with van der Waals surface area (Å²) in [5.41, 5.74) is 1.67. The van der Waals surface area contributed by atoms with E-state index in [4.69, 9.17) is 5.14 Å². The predicted molar refractivity (Wildman–Crippen MR) is 99.6 cm³/mol. The summed E-state index contributed by atoms with van der Waals surface area (Å²) in [4.78, 5) is 17.5. The molecule has 2 aromatic heterocycles. The molecule has 1 aliphatic heterocycles. The van der Waals surface area contributed by atoms with Crippen LogP contribution in [-0.2, 0) is 10.0 Å². The number of sulfonamides is 1. The molecular weight excluding hydrogens is 352 g/mol. The van der Waals surface area contributed by atoms with Gasteiger partial charge in [0.25, 0.3) is 0 Å². The fraction of sp³-hybridized carbons (Fsp3) is 0.235. The third-order valence-corrected chi connectivity index (χ3v) is 5.43. The molecule has 26 heavy (non-hydrogen) atoms. The average molecular weight is 370 g/mol. The lowest BCUT2D eigenvalue weighted by Gasteiger charge is -2.37. The predicted octanol–water partition coefficient (Wildman–Crippen LogP) is 0.999. The van der Waals surface area contributed by atoms with Crippen LogP contribution in [0.4, 0.5) is 11.5 Å². The second kappa shape index (κ2) is 6.50. The molecule has 3 heterocycles. The maximum Gasteiger partial charge on any atom is 0.238 e. The molecular formula is C17H18N6O2S. The molecule has 0 unspecified atom stereocenters. The first-order valence-electron chi connectivity index (χ1n) is 8.21. The van der Waals surface area contributed by atoms with Crippen molar-refractivity contribution < 1.29 is 8.42 Å². The summed E-state index contributed by atoms with van der Waals surface area (Å²) in [6, 6.07) is 10.5. The van der Waals surface area contributed by atoms with Crippen molar-refractivity contribution in [3.8, 4) is 0 Å². The monoisotopic (exact) mass is 370 g/mol. The van der Waals surface area contributed by atoms with E-state index in [0.717, 1.165) is 43.1 Å². The van der Waals surface area contributed by atoms with Crippen molar-refractivity contribution in [2.75, 3.05) is 36.0 Å². The highest BCUT2D eigenvalue weighted by molar-refractivity contribution is 7.89. The molecule has 1 saturated heterocycles. The number of nitrogens with two attached hydrogens (primary N) is 1. The van der Waals surface area contributed by atoms with E-state index >= 15 is 0 Å². The van der Waals surface area contributed by atoms with Crippen LogP contribution in [0, 0.1) is 0 Å². The number of anilines is 2. The molecule has 1 aliphatic rings. The molecule has 0 saturated carbocycles. The average Bonchev–Trinajstić information content (AvgIpc) is 2.67. The maximum atomic E-state index is 11.4. The lowest BCUT2D eigenvalue weighted by Crippen LogP contribution is -2.47. The first kappa shape index (κ1) is 16.7. The molecule has 0 spiro atoms. The molecule has 1 fully saturated rings. The summed E-state index contributed by atoms with van der Waals surface area (Å²) in [6.45, 7) is 3.22. The Labute approximate surface area is 151 Å². The molecule has 0 aliphatic carbocycles. The Morgan fingerprint density at radius 3 is 2.27 bits per heavy atom. The Bertz CT molecular complexity index is 1030. The van der Waals surface area contributed by atoms with Crippen molar-refractivity contribution in [3.05, 3.63) is 48.9 Å². The van der Waals surface area contributed by atoms with Crippen LogP contribution in [0.1, 0.15) is 0 Å². The summed E-state index contributed by atoms with van der Waals surface area (Å²) in [5.74, 6) is 0.896. The zero-order valence-corrected chi connectivity index (χ0v) is 14.8. The summed E-state index contributed by atoms with van der Waals surface area (Å²) in [7, 11) is -3.66. The summed E-state index contributed by atoms with van der Waals surface area (Å²) < 4.78 is 22.7. The van der Waals surface area contributed by atoms with Crippen LogP contribution in [0.3, 0.4) is 0 Å². The van der Waals surface area contributed by atoms with Gasteiger partial charge in [0.1, 0.15) is 12.1 Å².